The average Bonchev–Trinajstić information content (AvgIpc) is 2.28. The molecule has 4 heteroatoms. The second-order valence-corrected chi connectivity index (χ2v) is 5.54. The lowest BCUT2D eigenvalue weighted by atomic mass is 10.1. The highest BCUT2D eigenvalue weighted by atomic mass is 16.1. The first-order valence-electron chi connectivity index (χ1n) is 6.61. The van der Waals surface area contributed by atoms with Crippen LogP contribution in [0.1, 0.15) is 13.8 Å². The molecule has 0 saturated carbocycles. The lowest BCUT2D eigenvalue weighted by Gasteiger charge is -2.35. The molecular weight excluding hydrogens is 214 g/mol. The Balaban J connectivity index is 2.19. The van der Waals surface area contributed by atoms with Gasteiger partial charge in [0.1, 0.15) is 5.78 Å². The van der Waals surface area contributed by atoms with Gasteiger partial charge in [0.05, 0.1) is 6.54 Å². The second-order valence-electron chi connectivity index (χ2n) is 5.54. The average molecular weight is 241 g/mol. The maximum absolute atomic E-state index is 11.6. The van der Waals surface area contributed by atoms with E-state index in [0.717, 1.165) is 39.3 Å². The maximum Gasteiger partial charge on any atom is 0.149 e. The van der Waals surface area contributed by atoms with E-state index in [4.69, 9.17) is 0 Å². The van der Waals surface area contributed by atoms with Gasteiger partial charge in [0, 0.05) is 45.2 Å². The van der Waals surface area contributed by atoms with Crippen LogP contribution in [0.5, 0.6) is 0 Å². The molecule has 1 aliphatic rings. The predicted octanol–water partition coefficient (Wildman–Crippen LogP) is 0.391. The molecule has 0 bridgehead atoms. The van der Waals surface area contributed by atoms with Crippen molar-refractivity contribution in [3.8, 4) is 0 Å². The van der Waals surface area contributed by atoms with E-state index in [-0.39, 0.29) is 5.92 Å². The van der Waals surface area contributed by atoms with Crippen molar-refractivity contribution in [1.82, 2.24) is 14.7 Å². The normalized spacial score (nSPS) is 19.2. The molecule has 1 fully saturated rings. The molecule has 0 spiro atoms. The lowest BCUT2D eigenvalue weighted by molar-refractivity contribution is -0.123. The highest BCUT2D eigenvalue weighted by Crippen LogP contribution is 2.04. The number of Topliss-reactive ketones (excluding diaryl/α,β-unsaturated/α-hetero) is 1. The Morgan fingerprint density at radius 1 is 1.12 bits per heavy atom. The smallest absolute Gasteiger partial charge is 0.149 e. The summed E-state index contributed by atoms with van der Waals surface area (Å²) in [6.45, 7) is 11.1. The monoisotopic (exact) mass is 241 g/mol. The van der Waals surface area contributed by atoms with Gasteiger partial charge in [-0.15, -0.1) is 0 Å². The molecule has 0 aromatic heterocycles. The quantitative estimate of drug-likeness (QED) is 0.672. The molecule has 0 aromatic rings. The van der Waals surface area contributed by atoms with Crippen LogP contribution in [0.2, 0.25) is 0 Å². The predicted molar refractivity (Wildman–Crippen MR) is 71.3 cm³/mol. The molecule has 0 aliphatic carbocycles. The third-order valence-corrected chi connectivity index (χ3v) is 3.35. The van der Waals surface area contributed by atoms with Crippen molar-refractivity contribution in [3.05, 3.63) is 0 Å². The Labute approximate surface area is 106 Å². The third-order valence-electron chi connectivity index (χ3n) is 3.35. The van der Waals surface area contributed by atoms with E-state index in [1.54, 1.807) is 0 Å². The van der Waals surface area contributed by atoms with Gasteiger partial charge in [0.15, 0.2) is 0 Å². The molecule has 1 aliphatic heterocycles. The minimum Gasteiger partial charge on any atom is -0.308 e. The van der Waals surface area contributed by atoms with Gasteiger partial charge >= 0.3 is 0 Å². The molecule has 100 valence electrons. The highest BCUT2D eigenvalue weighted by molar-refractivity contribution is 5.82. The maximum atomic E-state index is 11.6. The van der Waals surface area contributed by atoms with Crippen LogP contribution >= 0.6 is 0 Å². The minimum atomic E-state index is 0.168. The summed E-state index contributed by atoms with van der Waals surface area (Å²) in [6.07, 6.45) is 0. The summed E-state index contributed by atoms with van der Waals surface area (Å²) >= 11 is 0. The van der Waals surface area contributed by atoms with Gasteiger partial charge in [0.2, 0.25) is 0 Å². The topological polar surface area (TPSA) is 26.8 Å². The molecule has 0 atom stereocenters. The van der Waals surface area contributed by atoms with Crippen LogP contribution in [0.15, 0.2) is 0 Å². The summed E-state index contributed by atoms with van der Waals surface area (Å²) in [6, 6.07) is 0. The first-order valence-corrected chi connectivity index (χ1v) is 6.61. The number of hydrogen-bond acceptors (Lipinski definition) is 4. The van der Waals surface area contributed by atoms with Gasteiger partial charge in [-0.2, -0.15) is 0 Å². The Hall–Kier alpha value is -0.450. The summed E-state index contributed by atoms with van der Waals surface area (Å²) in [4.78, 5) is 18.6. The van der Waals surface area contributed by atoms with Gasteiger partial charge in [-0.3, -0.25) is 14.6 Å². The van der Waals surface area contributed by atoms with E-state index in [1.165, 1.54) is 0 Å². The van der Waals surface area contributed by atoms with Crippen molar-refractivity contribution >= 4 is 5.78 Å². The van der Waals surface area contributed by atoms with Crippen LogP contribution in [0.3, 0.4) is 0 Å². The van der Waals surface area contributed by atoms with Crippen molar-refractivity contribution in [3.63, 3.8) is 0 Å². The number of nitrogens with zero attached hydrogens (tertiary/aromatic N) is 3. The summed E-state index contributed by atoms with van der Waals surface area (Å²) < 4.78 is 0. The van der Waals surface area contributed by atoms with Crippen LogP contribution in [0, 0.1) is 5.92 Å². The van der Waals surface area contributed by atoms with Crippen molar-refractivity contribution in [2.24, 2.45) is 5.92 Å². The SMILES string of the molecule is CC(C)C(=O)CN1CCN(CCN(C)C)CC1. The highest BCUT2D eigenvalue weighted by Gasteiger charge is 2.19. The van der Waals surface area contributed by atoms with E-state index >= 15 is 0 Å². The first kappa shape index (κ1) is 14.6. The van der Waals surface area contributed by atoms with Gasteiger partial charge in [-0.05, 0) is 14.1 Å². The van der Waals surface area contributed by atoms with Crippen LogP contribution in [0.4, 0.5) is 0 Å². The summed E-state index contributed by atoms with van der Waals surface area (Å²) in [5.74, 6) is 0.536. The molecule has 4 nitrogen and oxygen atoms in total. The molecule has 1 heterocycles. The fourth-order valence-electron chi connectivity index (χ4n) is 1.92. The summed E-state index contributed by atoms with van der Waals surface area (Å²) in [5.41, 5.74) is 0. The van der Waals surface area contributed by atoms with E-state index in [2.05, 4.69) is 28.8 Å². The number of carbonyl (C=O) groups excluding carboxylic acids is 1. The van der Waals surface area contributed by atoms with E-state index in [9.17, 15) is 4.79 Å². The molecule has 0 N–H and O–H groups in total. The molecule has 0 radical (unpaired) electrons. The molecule has 0 aromatic carbocycles. The zero-order valence-electron chi connectivity index (χ0n) is 11.8. The van der Waals surface area contributed by atoms with Gasteiger partial charge in [-0.25, -0.2) is 0 Å². The zero-order valence-corrected chi connectivity index (χ0v) is 11.8. The van der Waals surface area contributed by atoms with Crippen molar-refractivity contribution in [1.29, 1.82) is 0 Å². The Morgan fingerprint density at radius 3 is 2.12 bits per heavy atom. The van der Waals surface area contributed by atoms with Gasteiger partial charge in [-0.1, -0.05) is 13.8 Å². The van der Waals surface area contributed by atoms with Crippen LogP contribution in [-0.2, 0) is 4.79 Å². The summed E-state index contributed by atoms with van der Waals surface area (Å²) in [5, 5.41) is 0. The fraction of sp³-hybridized carbons (Fsp3) is 0.923. The molecule has 0 unspecified atom stereocenters. The zero-order chi connectivity index (χ0) is 12.8. The van der Waals surface area contributed by atoms with E-state index in [1.807, 2.05) is 13.8 Å². The molecule has 0 amide bonds. The summed E-state index contributed by atoms with van der Waals surface area (Å²) in [7, 11) is 4.22. The Bertz CT molecular complexity index is 233. The van der Waals surface area contributed by atoms with Gasteiger partial charge < -0.3 is 4.90 Å². The van der Waals surface area contributed by atoms with Gasteiger partial charge in [0.25, 0.3) is 0 Å². The minimum absolute atomic E-state index is 0.168. The number of carbonyl (C=O) groups is 1. The fourth-order valence-corrected chi connectivity index (χ4v) is 1.92. The van der Waals surface area contributed by atoms with Crippen LogP contribution < -0.4 is 0 Å². The Morgan fingerprint density at radius 2 is 1.65 bits per heavy atom. The molecule has 1 rings (SSSR count). The number of hydrogen-bond donors (Lipinski definition) is 0. The largest absolute Gasteiger partial charge is 0.308 e. The Kier molecular flexibility index (Phi) is 6.09. The number of rotatable bonds is 6. The molecule has 1 saturated heterocycles. The first-order chi connectivity index (χ1) is 7.99. The third kappa shape index (κ3) is 5.61. The van der Waals surface area contributed by atoms with Crippen LogP contribution in [-0.4, -0.2) is 80.4 Å². The standard InChI is InChI=1S/C13H27N3O/c1-12(2)13(17)11-16-9-7-15(8-10-16)6-5-14(3)4/h12H,5-11H2,1-4H3. The molecular formula is C13H27N3O. The number of likely N-dealkylation sites (N-methyl/N-ethyl adjacent to an activating group) is 1. The van der Waals surface area contributed by atoms with E-state index < -0.39 is 0 Å². The molecule has 17 heavy (non-hydrogen) atoms. The lowest BCUT2D eigenvalue weighted by Crippen LogP contribution is -2.49. The van der Waals surface area contributed by atoms with E-state index in [0.29, 0.717) is 12.3 Å². The van der Waals surface area contributed by atoms with Crippen LogP contribution in [0.25, 0.3) is 0 Å². The number of ketones is 1. The van der Waals surface area contributed by atoms with Crippen molar-refractivity contribution < 1.29 is 4.79 Å². The number of piperazine rings is 1. The second kappa shape index (κ2) is 7.09. The van der Waals surface area contributed by atoms with Crippen molar-refractivity contribution in [2.75, 3.05) is 59.9 Å². The van der Waals surface area contributed by atoms with Crippen molar-refractivity contribution in [2.45, 2.75) is 13.8 Å².